The number of amides is 2. The minimum Gasteiger partial charge on any atom is -0.389 e. The summed E-state index contributed by atoms with van der Waals surface area (Å²) in [6, 6.07) is 5.51. The van der Waals surface area contributed by atoms with Gasteiger partial charge in [-0.2, -0.15) is 0 Å². The highest BCUT2D eigenvalue weighted by atomic mass is 79.9. The van der Waals surface area contributed by atoms with Gasteiger partial charge in [0.25, 0.3) is 0 Å². The first-order chi connectivity index (χ1) is 8.91. The largest absolute Gasteiger partial charge is 0.389 e. The van der Waals surface area contributed by atoms with Crippen molar-refractivity contribution in [1.82, 2.24) is 10.2 Å². The molecule has 0 unspecified atom stereocenters. The Bertz CT molecular complexity index is 479. The number of benzene rings is 1. The number of urea groups is 1. The van der Waals surface area contributed by atoms with Gasteiger partial charge in [0.2, 0.25) is 0 Å². The van der Waals surface area contributed by atoms with Gasteiger partial charge in [-0.3, -0.25) is 0 Å². The number of rotatable bonds is 5. The Morgan fingerprint density at radius 3 is 2.63 bits per heavy atom. The Hall–Kier alpha value is -1.34. The number of nitrogens with zero attached hydrogens (tertiary/aromatic N) is 1. The lowest BCUT2D eigenvalue weighted by Crippen LogP contribution is -2.37. The van der Waals surface area contributed by atoms with E-state index in [0.29, 0.717) is 18.1 Å². The van der Waals surface area contributed by atoms with E-state index in [-0.39, 0.29) is 6.03 Å². The molecule has 0 aliphatic carbocycles. The quantitative estimate of drug-likeness (QED) is 0.562. The standard InChI is InChI=1S/C12H17BrN4OS/c1-17(2)12(18)16-6-5-15-10-4-3-8(11(14)19)7-9(10)13/h3-4,7,15H,5-6H2,1-2H3,(H2,14,19)(H,16,18). The van der Waals surface area contributed by atoms with Crippen LogP contribution in [0.1, 0.15) is 5.56 Å². The molecule has 0 aliphatic rings. The number of nitrogens with two attached hydrogens (primary N) is 1. The van der Waals surface area contributed by atoms with Crippen LogP contribution in [0.4, 0.5) is 10.5 Å². The maximum absolute atomic E-state index is 11.3. The zero-order valence-electron chi connectivity index (χ0n) is 10.9. The molecular weight excluding hydrogens is 328 g/mol. The van der Waals surface area contributed by atoms with Crippen LogP contribution >= 0.6 is 28.1 Å². The Balaban J connectivity index is 2.46. The maximum Gasteiger partial charge on any atom is 0.316 e. The predicted octanol–water partition coefficient (Wildman–Crippen LogP) is 1.77. The first-order valence-electron chi connectivity index (χ1n) is 5.70. The van der Waals surface area contributed by atoms with Crippen molar-refractivity contribution in [2.24, 2.45) is 5.73 Å². The van der Waals surface area contributed by atoms with Gasteiger partial charge in [0, 0.05) is 42.9 Å². The van der Waals surface area contributed by atoms with Crippen molar-refractivity contribution in [3.8, 4) is 0 Å². The first-order valence-corrected chi connectivity index (χ1v) is 6.90. The summed E-state index contributed by atoms with van der Waals surface area (Å²) >= 11 is 8.36. The Morgan fingerprint density at radius 2 is 2.11 bits per heavy atom. The third kappa shape index (κ3) is 5.04. The summed E-state index contributed by atoms with van der Waals surface area (Å²) in [6.07, 6.45) is 0. The molecule has 1 aromatic rings. The first kappa shape index (κ1) is 15.7. The molecule has 0 radical (unpaired) electrons. The van der Waals surface area contributed by atoms with Crippen molar-refractivity contribution >= 4 is 44.9 Å². The van der Waals surface area contributed by atoms with E-state index in [1.165, 1.54) is 4.90 Å². The fraction of sp³-hybridized carbons (Fsp3) is 0.333. The molecule has 0 bridgehead atoms. The minimum absolute atomic E-state index is 0.107. The average molecular weight is 345 g/mol. The van der Waals surface area contributed by atoms with Gasteiger partial charge < -0.3 is 21.3 Å². The molecular formula is C12H17BrN4OS. The van der Waals surface area contributed by atoms with E-state index in [1.54, 1.807) is 14.1 Å². The van der Waals surface area contributed by atoms with E-state index < -0.39 is 0 Å². The topological polar surface area (TPSA) is 70.4 Å². The van der Waals surface area contributed by atoms with Gasteiger partial charge in [0.05, 0.1) is 0 Å². The second-order valence-electron chi connectivity index (χ2n) is 4.11. The summed E-state index contributed by atoms with van der Waals surface area (Å²) in [6.45, 7) is 1.17. The maximum atomic E-state index is 11.3. The van der Waals surface area contributed by atoms with E-state index >= 15 is 0 Å². The third-order valence-corrected chi connectivity index (χ3v) is 3.27. The third-order valence-electron chi connectivity index (χ3n) is 2.38. The molecule has 0 saturated heterocycles. The number of halogens is 1. The highest BCUT2D eigenvalue weighted by Gasteiger charge is 2.04. The summed E-state index contributed by atoms with van der Waals surface area (Å²) in [7, 11) is 3.40. The molecule has 5 nitrogen and oxygen atoms in total. The minimum atomic E-state index is -0.107. The lowest BCUT2D eigenvalue weighted by molar-refractivity contribution is 0.218. The molecule has 0 aromatic heterocycles. The summed E-state index contributed by atoms with van der Waals surface area (Å²) in [5.41, 5.74) is 7.30. The van der Waals surface area contributed by atoms with Crippen LogP contribution in [0, 0.1) is 0 Å². The number of carbonyl (C=O) groups excluding carboxylic acids is 1. The fourth-order valence-corrected chi connectivity index (χ4v) is 1.98. The van der Waals surface area contributed by atoms with Crippen molar-refractivity contribution in [3.05, 3.63) is 28.2 Å². The van der Waals surface area contributed by atoms with Gasteiger partial charge in [0.1, 0.15) is 4.99 Å². The predicted molar refractivity (Wildman–Crippen MR) is 85.6 cm³/mol. The fourth-order valence-electron chi connectivity index (χ4n) is 1.34. The summed E-state index contributed by atoms with van der Waals surface area (Å²) < 4.78 is 0.886. The zero-order chi connectivity index (χ0) is 14.4. The molecule has 0 heterocycles. The number of hydrogen-bond acceptors (Lipinski definition) is 3. The molecule has 4 N–H and O–H groups in total. The molecule has 19 heavy (non-hydrogen) atoms. The van der Waals surface area contributed by atoms with Crippen molar-refractivity contribution in [1.29, 1.82) is 0 Å². The smallest absolute Gasteiger partial charge is 0.316 e. The van der Waals surface area contributed by atoms with E-state index in [0.717, 1.165) is 15.7 Å². The van der Waals surface area contributed by atoms with Crippen LogP contribution in [0.2, 0.25) is 0 Å². The van der Waals surface area contributed by atoms with E-state index in [9.17, 15) is 4.79 Å². The highest BCUT2D eigenvalue weighted by Crippen LogP contribution is 2.23. The molecule has 0 spiro atoms. The Labute approximate surface area is 126 Å². The number of carbonyl (C=O) groups is 1. The van der Waals surface area contributed by atoms with Crippen molar-refractivity contribution < 1.29 is 4.79 Å². The molecule has 2 amide bonds. The molecule has 0 saturated carbocycles. The lowest BCUT2D eigenvalue weighted by atomic mass is 10.2. The van der Waals surface area contributed by atoms with Crippen LogP contribution in [0.3, 0.4) is 0 Å². The summed E-state index contributed by atoms with van der Waals surface area (Å²) in [5, 5.41) is 5.98. The molecule has 1 aromatic carbocycles. The molecule has 104 valence electrons. The molecule has 0 fully saturated rings. The highest BCUT2D eigenvalue weighted by molar-refractivity contribution is 9.10. The van der Waals surface area contributed by atoms with Crippen LogP contribution in [-0.2, 0) is 0 Å². The number of nitrogens with one attached hydrogen (secondary N) is 2. The number of hydrogen-bond donors (Lipinski definition) is 3. The lowest BCUT2D eigenvalue weighted by Gasteiger charge is -2.13. The van der Waals surface area contributed by atoms with Crippen LogP contribution in [0.15, 0.2) is 22.7 Å². The van der Waals surface area contributed by atoms with E-state index in [1.807, 2.05) is 18.2 Å². The Morgan fingerprint density at radius 1 is 1.42 bits per heavy atom. The van der Waals surface area contributed by atoms with E-state index in [4.69, 9.17) is 18.0 Å². The van der Waals surface area contributed by atoms with Crippen molar-refractivity contribution in [2.75, 3.05) is 32.5 Å². The van der Waals surface area contributed by atoms with Gasteiger partial charge in [0.15, 0.2) is 0 Å². The molecule has 0 aliphatic heterocycles. The van der Waals surface area contributed by atoms with Crippen LogP contribution in [-0.4, -0.2) is 43.1 Å². The van der Waals surface area contributed by atoms with Crippen molar-refractivity contribution in [2.45, 2.75) is 0 Å². The Kier molecular flexibility index (Phi) is 6.04. The van der Waals surface area contributed by atoms with Gasteiger partial charge in [-0.15, -0.1) is 0 Å². The normalized spacial score (nSPS) is 9.84. The second kappa shape index (κ2) is 7.30. The van der Waals surface area contributed by atoms with Crippen LogP contribution in [0.25, 0.3) is 0 Å². The van der Waals surface area contributed by atoms with E-state index in [2.05, 4.69) is 26.6 Å². The molecule has 7 heteroatoms. The number of anilines is 1. The second-order valence-corrected chi connectivity index (χ2v) is 5.41. The van der Waals surface area contributed by atoms with Gasteiger partial charge in [-0.05, 0) is 34.1 Å². The molecule has 0 atom stereocenters. The van der Waals surface area contributed by atoms with Gasteiger partial charge >= 0.3 is 6.03 Å². The van der Waals surface area contributed by atoms with Gasteiger partial charge in [-0.1, -0.05) is 12.2 Å². The monoisotopic (exact) mass is 344 g/mol. The SMILES string of the molecule is CN(C)C(=O)NCCNc1ccc(C(N)=S)cc1Br. The molecule has 1 rings (SSSR count). The van der Waals surface area contributed by atoms with Gasteiger partial charge in [-0.25, -0.2) is 4.79 Å². The van der Waals surface area contributed by atoms with Crippen LogP contribution < -0.4 is 16.4 Å². The zero-order valence-corrected chi connectivity index (χ0v) is 13.3. The summed E-state index contributed by atoms with van der Waals surface area (Å²) in [5.74, 6) is 0. The number of thiocarbonyl (C=S) groups is 1. The average Bonchev–Trinajstić information content (AvgIpc) is 2.35. The van der Waals surface area contributed by atoms with Crippen molar-refractivity contribution in [3.63, 3.8) is 0 Å². The van der Waals surface area contributed by atoms with Crippen LogP contribution in [0.5, 0.6) is 0 Å². The summed E-state index contributed by atoms with van der Waals surface area (Å²) in [4.78, 5) is 13.1.